The smallest absolute Gasteiger partial charge is 0.224 e. The normalized spacial score (nSPS) is 15.0. The van der Waals surface area contributed by atoms with Gasteiger partial charge in [-0.05, 0) is 54.2 Å². The molecule has 0 spiro atoms. The number of hydrogen-bond acceptors (Lipinski definition) is 5. The lowest BCUT2D eigenvalue weighted by atomic mass is 10.1. The Morgan fingerprint density at radius 1 is 1.10 bits per heavy atom. The van der Waals surface area contributed by atoms with Crippen molar-refractivity contribution in [3.63, 3.8) is 0 Å². The van der Waals surface area contributed by atoms with Crippen LogP contribution >= 0.6 is 11.5 Å². The van der Waals surface area contributed by atoms with E-state index in [1.54, 1.807) is 11.5 Å². The molecule has 2 aromatic carbocycles. The molecule has 1 aliphatic rings. The number of anilines is 2. The van der Waals surface area contributed by atoms with Crippen molar-refractivity contribution in [3.05, 3.63) is 54.1 Å². The van der Waals surface area contributed by atoms with E-state index in [-0.39, 0.29) is 5.91 Å². The minimum absolute atomic E-state index is 0.0929. The Bertz CT molecular complexity index is 962. The van der Waals surface area contributed by atoms with E-state index >= 15 is 0 Å². The van der Waals surface area contributed by atoms with Crippen LogP contribution in [0.25, 0.3) is 10.1 Å². The number of nitrogens with one attached hydrogen (secondary N) is 1. The molecule has 0 bridgehead atoms. The molecule has 4 rings (SSSR count). The summed E-state index contributed by atoms with van der Waals surface area (Å²) in [6.45, 7) is 7.20. The van der Waals surface area contributed by atoms with Gasteiger partial charge in [-0.15, -0.1) is 0 Å². The van der Waals surface area contributed by atoms with Gasteiger partial charge in [0.05, 0.1) is 4.70 Å². The van der Waals surface area contributed by atoms with Gasteiger partial charge in [0.15, 0.2) is 0 Å². The van der Waals surface area contributed by atoms with Crippen molar-refractivity contribution in [2.75, 3.05) is 42.9 Å². The largest absolute Gasteiger partial charge is 0.353 e. The van der Waals surface area contributed by atoms with Crippen LogP contribution in [0, 0.1) is 0 Å². The van der Waals surface area contributed by atoms with Crippen molar-refractivity contribution in [1.29, 1.82) is 0 Å². The van der Waals surface area contributed by atoms with E-state index in [9.17, 15) is 4.79 Å². The zero-order chi connectivity index (χ0) is 20.1. The third-order valence-corrected chi connectivity index (χ3v) is 6.25. The fraction of sp³-hybridized carbons (Fsp3) is 0.391. The second-order valence-corrected chi connectivity index (χ2v) is 8.38. The molecule has 5 nitrogen and oxygen atoms in total. The van der Waals surface area contributed by atoms with Crippen LogP contribution in [-0.2, 0) is 11.2 Å². The third-order valence-electron chi connectivity index (χ3n) is 5.43. The fourth-order valence-corrected chi connectivity index (χ4v) is 4.62. The van der Waals surface area contributed by atoms with Crippen LogP contribution in [0.4, 0.5) is 11.5 Å². The first-order chi connectivity index (χ1) is 14.2. The number of carbonyl (C=O) groups excluding carboxylic acids is 1. The zero-order valence-electron chi connectivity index (χ0n) is 16.9. The maximum atomic E-state index is 11.8. The van der Waals surface area contributed by atoms with Gasteiger partial charge in [-0.1, -0.05) is 31.2 Å². The topological polar surface area (TPSA) is 48.5 Å². The molecule has 2 heterocycles. The minimum atomic E-state index is 0.0929. The highest BCUT2D eigenvalue weighted by Gasteiger charge is 2.20. The Morgan fingerprint density at radius 2 is 1.93 bits per heavy atom. The van der Waals surface area contributed by atoms with Crippen LogP contribution in [0.15, 0.2) is 48.5 Å². The van der Waals surface area contributed by atoms with E-state index in [1.165, 1.54) is 15.6 Å². The van der Waals surface area contributed by atoms with Gasteiger partial charge in [0.2, 0.25) is 5.91 Å². The Kier molecular flexibility index (Phi) is 6.42. The van der Waals surface area contributed by atoms with Gasteiger partial charge in [-0.2, -0.15) is 4.37 Å². The molecule has 0 saturated carbocycles. The zero-order valence-corrected chi connectivity index (χ0v) is 17.8. The number of aromatic nitrogens is 1. The summed E-state index contributed by atoms with van der Waals surface area (Å²) in [5.74, 6) is 1.23. The molecule has 1 aromatic heterocycles. The summed E-state index contributed by atoms with van der Waals surface area (Å²) in [5, 5.41) is 4.26. The van der Waals surface area contributed by atoms with Gasteiger partial charge in [0.25, 0.3) is 0 Å². The standard InChI is InChI=1S/C23H28N4OS/c1-2-6-22(28)24-19-8-5-7-18(17-19)11-12-26-13-15-27(16-14-26)23-20-9-3-4-10-21(20)29-25-23/h3-5,7-10,17H,2,6,11-16H2,1H3,(H,24,28). The van der Waals surface area contributed by atoms with Crippen LogP contribution in [0.5, 0.6) is 0 Å². The summed E-state index contributed by atoms with van der Waals surface area (Å²) in [5.41, 5.74) is 2.17. The molecule has 1 N–H and O–H groups in total. The highest BCUT2D eigenvalue weighted by atomic mass is 32.1. The first-order valence-electron chi connectivity index (χ1n) is 10.4. The summed E-state index contributed by atoms with van der Waals surface area (Å²) in [7, 11) is 0. The van der Waals surface area contributed by atoms with E-state index in [1.807, 2.05) is 19.1 Å². The van der Waals surface area contributed by atoms with E-state index in [0.717, 1.165) is 57.1 Å². The van der Waals surface area contributed by atoms with Crippen LogP contribution in [0.2, 0.25) is 0 Å². The number of piperazine rings is 1. The second kappa shape index (κ2) is 9.37. The van der Waals surface area contributed by atoms with Crippen molar-refractivity contribution in [2.45, 2.75) is 26.2 Å². The highest BCUT2D eigenvalue weighted by molar-refractivity contribution is 7.13. The number of carbonyl (C=O) groups is 1. The van der Waals surface area contributed by atoms with Gasteiger partial charge in [-0.25, -0.2) is 0 Å². The first-order valence-corrected chi connectivity index (χ1v) is 11.2. The molecule has 152 valence electrons. The fourth-order valence-electron chi connectivity index (χ4n) is 3.83. The molecule has 0 radical (unpaired) electrons. The molecule has 1 aliphatic heterocycles. The minimum Gasteiger partial charge on any atom is -0.353 e. The lowest BCUT2D eigenvalue weighted by Crippen LogP contribution is -2.47. The van der Waals surface area contributed by atoms with Crippen molar-refractivity contribution < 1.29 is 4.79 Å². The van der Waals surface area contributed by atoms with Gasteiger partial charge in [0.1, 0.15) is 5.82 Å². The monoisotopic (exact) mass is 408 g/mol. The molecule has 0 atom stereocenters. The molecule has 0 unspecified atom stereocenters. The maximum Gasteiger partial charge on any atom is 0.224 e. The van der Waals surface area contributed by atoms with E-state index in [0.29, 0.717) is 6.42 Å². The van der Waals surface area contributed by atoms with E-state index < -0.39 is 0 Å². The Labute approximate surface area is 176 Å². The van der Waals surface area contributed by atoms with Crippen LogP contribution < -0.4 is 10.2 Å². The number of benzene rings is 2. The lowest BCUT2D eigenvalue weighted by Gasteiger charge is -2.35. The quantitative estimate of drug-likeness (QED) is 0.630. The number of amides is 1. The molecule has 1 amide bonds. The molecular formula is C23H28N4OS. The second-order valence-electron chi connectivity index (χ2n) is 7.58. The Morgan fingerprint density at radius 3 is 2.76 bits per heavy atom. The first kappa shape index (κ1) is 19.9. The summed E-state index contributed by atoms with van der Waals surface area (Å²) < 4.78 is 5.96. The van der Waals surface area contributed by atoms with Crippen molar-refractivity contribution >= 4 is 39.0 Å². The van der Waals surface area contributed by atoms with Crippen LogP contribution in [0.1, 0.15) is 25.3 Å². The lowest BCUT2D eigenvalue weighted by molar-refractivity contribution is -0.116. The van der Waals surface area contributed by atoms with Gasteiger partial charge in [-0.3, -0.25) is 9.69 Å². The van der Waals surface area contributed by atoms with Crippen LogP contribution in [0.3, 0.4) is 0 Å². The predicted molar refractivity (Wildman–Crippen MR) is 122 cm³/mol. The predicted octanol–water partition coefficient (Wildman–Crippen LogP) is 4.40. The number of rotatable bonds is 7. The Hall–Kier alpha value is -2.44. The van der Waals surface area contributed by atoms with E-state index in [4.69, 9.17) is 4.37 Å². The molecule has 1 fully saturated rings. The van der Waals surface area contributed by atoms with Crippen molar-refractivity contribution in [3.8, 4) is 0 Å². The summed E-state index contributed by atoms with van der Waals surface area (Å²) in [6.07, 6.45) is 2.44. The molecule has 1 saturated heterocycles. The molecule has 6 heteroatoms. The summed E-state index contributed by atoms with van der Waals surface area (Å²) in [4.78, 5) is 16.7. The highest BCUT2D eigenvalue weighted by Crippen LogP contribution is 2.29. The van der Waals surface area contributed by atoms with Crippen molar-refractivity contribution in [2.24, 2.45) is 0 Å². The SMILES string of the molecule is CCCC(=O)Nc1cccc(CCN2CCN(c3nsc4ccccc34)CC2)c1. The Balaban J connectivity index is 1.29. The summed E-state index contributed by atoms with van der Waals surface area (Å²) >= 11 is 1.59. The van der Waals surface area contributed by atoms with Crippen LogP contribution in [-0.4, -0.2) is 47.9 Å². The van der Waals surface area contributed by atoms with Crippen molar-refractivity contribution in [1.82, 2.24) is 9.27 Å². The van der Waals surface area contributed by atoms with E-state index in [2.05, 4.69) is 51.5 Å². The molecule has 3 aromatic rings. The number of nitrogens with zero attached hydrogens (tertiary/aromatic N) is 3. The van der Waals surface area contributed by atoms with Gasteiger partial charge >= 0.3 is 0 Å². The number of fused-ring (bicyclic) bond motifs is 1. The number of hydrogen-bond donors (Lipinski definition) is 1. The maximum absolute atomic E-state index is 11.8. The average molecular weight is 409 g/mol. The summed E-state index contributed by atoms with van der Waals surface area (Å²) in [6, 6.07) is 16.7. The molecular weight excluding hydrogens is 380 g/mol. The average Bonchev–Trinajstić information content (AvgIpc) is 3.17. The van der Waals surface area contributed by atoms with Gasteiger partial charge in [0, 0.05) is 50.2 Å². The molecule has 0 aliphatic carbocycles. The molecule has 29 heavy (non-hydrogen) atoms. The third kappa shape index (κ3) is 4.95. The van der Waals surface area contributed by atoms with Gasteiger partial charge < -0.3 is 10.2 Å².